The molecule has 1 aromatic heterocycles. The van der Waals surface area contributed by atoms with Gasteiger partial charge in [-0.15, -0.1) is 0 Å². The maximum absolute atomic E-state index is 13.4. The van der Waals surface area contributed by atoms with Crippen LogP contribution in [-0.2, 0) is 6.54 Å². The maximum Gasteiger partial charge on any atom is 0.252 e. The predicted octanol–water partition coefficient (Wildman–Crippen LogP) is 3.10. The van der Waals surface area contributed by atoms with Gasteiger partial charge in [-0.3, -0.25) is 4.79 Å². The van der Waals surface area contributed by atoms with Crippen molar-refractivity contribution in [3.63, 3.8) is 0 Å². The van der Waals surface area contributed by atoms with Crippen molar-refractivity contribution < 1.29 is 13.6 Å². The molecule has 5 nitrogen and oxygen atoms in total. The smallest absolute Gasteiger partial charge is 0.252 e. The third-order valence-electron chi connectivity index (χ3n) is 3.85. The zero-order valence-corrected chi connectivity index (χ0v) is 13.5. The van der Waals surface area contributed by atoms with Crippen LogP contribution < -0.4 is 5.32 Å². The Morgan fingerprint density at radius 2 is 2.00 bits per heavy atom. The van der Waals surface area contributed by atoms with Crippen molar-refractivity contribution in [1.82, 2.24) is 20.1 Å². The first-order chi connectivity index (χ1) is 12.0. The Morgan fingerprint density at radius 1 is 1.20 bits per heavy atom. The fourth-order valence-corrected chi connectivity index (χ4v) is 2.51. The number of aromatic nitrogens is 3. The number of amides is 1. The van der Waals surface area contributed by atoms with Gasteiger partial charge in [-0.05, 0) is 36.2 Å². The minimum atomic E-state index is -0.940. The lowest BCUT2D eigenvalue weighted by Crippen LogP contribution is -2.28. The fourth-order valence-electron chi connectivity index (χ4n) is 2.51. The molecular weight excluding hydrogens is 326 g/mol. The molecule has 0 aliphatic carbocycles. The highest BCUT2D eigenvalue weighted by atomic mass is 19.2. The van der Waals surface area contributed by atoms with Gasteiger partial charge in [-0.25, -0.2) is 18.4 Å². The number of nitrogens with zero attached hydrogens (tertiary/aromatic N) is 3. The predicted molar refractivity (Wildman–Crippen MR) is 87.8 cm³/mol. The number of benzene rings is 2. The quantitative estimate of drug-likeness (QED) is 0.775. The van der Waals surface area contributed by atoms with E-state index in [-0.39, 0.29) is 5.91 Å². The molecule has 0 aliphatic heterocycles. The third-order valence-corrected chi connectivity index (χ3v) is 3.85. The molecule has 0 aliphatic rings. The Morgan fingerprint density at radius 3 is 2.72 bits per heavy atom. The van der Waals surface area contributed by atoms with Crippen molar-refractivity contribution in [2.45, 2.75) is 19.5 Å². The first-order valence-electron chi connectivity index (χ1n) is 7.70. The molecular formula is C18H16F2N4O. The molecule has 2 aromatic carbocycles. The molecule has 0 saturated heterocycles. The second-order valence-corrected chi connectivity index (χ2v) is 5.62. The molecule has 0 bridgehead atoms. The molecule has 1 heterocycles. The van der Waals surface area contributed by atoms with E-state index in [0.717, 1.165) is 17.7 Å². The Hall–Kier alpha value is -3.09. The summed E-state index contributed by atoms with van der Waals surface area (Å²) in [7, 11) is 0. The lowest BCUT2D eigenvalue weighted by atomic mass is 10.0. The van der Waals surface area contributed by atoms with Crippen LogP contribution in [0.3, 0.4) is 0 Å². The highest BCUT2D eigenvalue weighted by molar-refractivity contribution is 5.95. The lowest BCUT2D eigenvalue weighted by Gasteiger charge is -2.16. The molecule has 3 rings (SSSR count). The van der Waals surface area contributed by atoms with E-state index in [0.29, 0.717) is 17.7 Å². The van der Waals surface area contributed by atoms with Gasteiger partial charge in [0, 0.05) is 5.56 Å². The highest BCUT2D eigenvalue weighted by Gasteiger charge is 2.16. The van der Waals surface area contributed by atoms with Crippen LogP contribution in [0.15, 0.2) is 55.1 Å². The van der Waals surface area contributed by atoms with Crippen molar-refractivity contribution in [2.24, 2.45) is 0 Å². The van der Waals surface area contributed by atoms with Gasteiger partial charge in [-0.2, -0.15) is 5.10 Å². The minimum Gasteiger partial charge on any atom is -0.346 e. The SMILES string of the molecule is CC(NC(=O)c1ccccc1Cn1cncn1)c1ccc(F)c(F)c1. The molecule has 1 unspecified atom stereocenters. The van der Waals surface area contributed by atoms with E-state index < -0.39 is 17.7 Å². The topological polar surface area (TPSA) is 59.8 Å². The Labute approximate surface area is 143 Å². The van der Waals surface area contributed by atoms with E-state index in [1.54, 1.807) is 30.1 Å². The van der Waals surface area contributed by atoms with E-state index in [1.165, 1.54) is 12.4 Å². The number of hydrogen-bond acceptors (Lipinski definition) is 3. The first kappa shape index (κ1) is 16.8. The monoisotopic (exact) mass is 342 g/mol. The van der Waals surface area contributed by atoms with Gasteiger partial charge in [0.05, 0.1) is 12.6 Å². The van der Waals surface area contributed by atoms with E-state index in [1.807, 2.05) is 12.1 Å². The summed E-state index contributed by atoms with van der Waals surface area (Å²) in [6, 6.07) is 10.3. The molecule has 0 saturated carbocycles. The molecule has 25 heavy (non-hydrogen) atoms. The minimum absolute atomic E-state index is 0.298. The van der Waals surface area contributed by atoms with Gasteiger partial charge in [0.1, 0.15) is 12.7 Å². The molecule has 1 atom stereocenters. The molecule has 1 N–H and O–H groups in total. The van der Waals surface area contributed by atoms with E-state index >= 15 is 0 Å². The van der Waals surface area contributed by atoms with Gasteiger partial charge in [0.15, 0.2) is 11.6 Å². The molecule has 0 spiro atoms. The number of hydrogen-bond donors (Lipinski definition) is 1. The standard InChI is InChI=1S/C18H16F2N4O/c1-12(13-6-7-16(19)17(20)8-13)23-18(25)15-5-3-2-4-14(15)9-24-11-21-10-22-24/h2-8,10-12H,9H2,1H3,(H,23,25). The summed E-state index contributed by atoms with van der Waals surface area (Å²) in [5, 5.41) is 6.84. The molecule has 0 radical (unpaired) electrons. The highest BCUT2D eigenvalue weighted by Crippen LogP contribution is 2.18. The number of nitrogens with one attached hydrogen (secondary N) is 1. The van der Waals surface area contributed by atoms with E-state index in [4.69, 9.17) is 0 Å². The van der Waals surface area contributed by atoms with Crippen molar-refractivity contribution in [1.29, 1.82) is 0 Å². The number of carbonyl (C=O) groups is 1. The Balaban J connectivity index is 1.77. The van der Waals surface area contributed by atoms with Crippen LogP contribution in [0, 0.1) is 11.6 Å². The summed E-state index contributed by atoms with van der Waals surface area (Å²) in [6.07, 6.45) is 2.99. The third kappa shape index (κ3) is 3.88. The summed E-state index contributed by atoms with van der Waals surface area (Å²) in [4.78, 5) is 16.5. The molecule has 7 heteroatoms. The second kappa shape index (κ2) is 7.21. The van der Waals surface area contributed by atoms with Gasteiger partial charge >= 0.3 is 0 Å². The average Bonchev–Trinajstić information content (AvgIpc) is 3.10. The zero-order valence-electron chi connectivity index (χ0n) is 13.5. The van der Waals surface area contributed by atoms with Gasteiger partial charge < -0.3 is 5.32 Å². The number of halogens is 2. The van der Waals surface area contributed by atoms with Crippen LogP contribution in [0.25, 0.3) is 0 Å². The second-order valence-electron chi connectivity index (χ2n) is 5.62. The molecule has 3 aromatic rings. The summed E-state index contributed by atoms with van der Waals surface area (Å²) in [6.45, 7) is 2.12. The summed E-state index contributed by atoms with van der Waals surface area (Å²) < 4.78 is 28.0. The van der Waals surface area contributed by atoms with Gasteiger partial charge in [0.25, 0.3) is 5.91 Å². The summed E-state index contributed by atoms with van der Waals surface area (Å²) in [5.74, 6) is -2.15. The van der Waals surface area contributed by atoms with Crippen molar-refractivity contribution in [2.75, 3.05) is 0 Å². The largest absolute Gasteiger partial charge is 0.346 e. The lowest BCUT2D eigenvalue weighted by molar-refractivity contribution is 0.0938. The maximum atomic E-state index is 13.4. The van der Waals surface area contributed by atoms with Crippen LogP contribution >= 0.6 is 0 Å². The molecule has 1 amide bonds. The average molecular weight is 342 g/mol. The van der Waals surface area contributed by atoms with Gasteiger partial charge in [0.2, 0.25) is 0 Å². The summed E-state index contributed by atoms with van der Waals surface area (Å²) >= 11 is 0. The summed E-state index contributed by atoms with van der Waals surface area (Å²) in [5.41, 5.74) is 1.76. The van der Waals surface area contributed by atoms with Crippen LogP contribution in [0.5, 0.6) is 0 Å². The number of carbonyl (C=O) groups excluding carboxylic acids is 1. The van der Waals surface area contributed by atoms with Crippen LogP contribution in [0.4, 0.5) is 8.78 Å². The van der Waals surface area contributed by atoms with Crippen molar-refractivity contribution in [3.05, 3.63) is 83.4 Å². The zero-order chi connectivity index (χ0) is 17.8. The van der Waals surface area contributed by atoms with E-state index in [9.17, 15) is 13.6 Å². The molecule has 0 fully saturated rings. The van der Waals surface area contributed by atoms with E-state index in [2.05, 4.69) is 15.4 Å². The van der Waals surface area contributed by atoms with Crippen LogP contribution in [0.2, 0.25) is 0 Å². The van der Waals surface area contributed by atoms with Crippen molar-refractivity contribution >= 4 is 5.91 Å². The van der Waals surface area contributed by atoms with Crippen molar-refractivity contribution in [3.8, 4) is 0 Å². The first-order valence-corrected chi connectivity index (χ1v) is 7.70. The normalized spacial score (nSPS) is 12.0. The number of rotatable bonds is 5. The molecule has 128 valence electrons. The Kier molecular flexibility index (Phi) is 4.83. The fraction of sp³-hybridized carbons (Fsp3) is 0.167. The Bertz CT molecular complexity index is 881. The van der Waals surface area contributed by atoms with Gasteiger partial charge in [-0.1, -0.05) is 24.3 Å². The van der Waals surface area contributed by atoms with Crippen LogP contribution in [-0.4, -0.2) is 20.7 Å². The van der Waals surface area contributed by atoms with Crippen LogP contribution in [0.1, 0.15) is 34.5 Å².